The van der Waals surface area contributed by atoms with Crippen molar-refractivity contribution in [3.8, 4) is 5.75 Å². The van der Waals surface area contributed by atoms with Crippen molar-refractivity contribution in [2.24, 2.45) is 0 Å². The standard InChI is InChI=1S/C15H20FNO3/c16-13-7-3-4-8-14(13)20-10-9-17(11-15(18)19)12-5-1-2-6-12/h3-4,7-8,12H,1-2,5-6,9-11H2,(H,18,19). The third-order valence-corrected chi connectivity index (χ3v) is 3.65. The minimum absolute atomic E-state index is 0.0191. The number of nitrogens with zero attached hydrogens (tertiary/aromatic N) is 1. The van der Waals surface area contributed by atoms with E-state index in [4.69, 9.17) is 9.84 Å². The van der Waals surface area contributed by atoms with Crippen LogP contribution in [0, 0.1) is 5.82 Å². The largest absolute Gasteiger partial charge is 0.489 e. The molecule has 0 heterocycles. The van der Waals surface area contributed by atoms with Gasteiger partial charge in [0.25, 0.3) is 0 Å². The van der Waals surface area contributed by atoms with E-state index in [0.29, 0.717) is 19.2 Å². The summed E-state index contributed by atoms with van der Waals surface area (Å²) < 4.78 is 18.8. The Kier molecular flexibility index (Phi) is 5.35. The highest BCUT2D eigenvalue weighted by Crippen LogP contribution is 2.23. The molecule has 0 radical (unpaired) electrons. The van der Waals surface area contributed by atoms with Crippen molar-refractivity contribution < 1.29 is 19.0 Å². The van der Waals surface area contributed by atoms with Crippen LogP contribution in [0.15, 0.2) is 24.3 Å². The number of hydrogen-bond donors (Lipinski definition) is 1. The summed E-state index contributed by atoms with van der Waals surface area (Å²) in [6.07, 6.45) is 4.36. The zero-order chi connectivity index (χ0) is 14.4. The van der Waals surface area contributed by atoms with E-state index in [9.17, 15) is 9.18 Å². The molecule has 0 atom stereocenters. The number of benzene rings is 1. The van der Waals surface area contributed by atoms with Crippen LogP contribution in [-0.4, -0.2) is 41.7 Å². The first-order valence-corrected chi connectivity index (χ1v) is 7.00. The van der Waals surface area contributed by atoms with Crippen LogP contribution in [0.25, 0.3) is 0 Å². The molecule has 2 rings (SSSR count). The van der Waals surface area contributed by atoms with Crippen LogP contribution in [0.4, 0.5) is 4.39 Å². The van der Waals surface area contributed by atoms with Crippen LogP contribution in [0.1, 0.15) is 25.7 Å². The van der Waals surface area contributed by atoms with E-state index in [1.165, 1.54) is 6.07 Å². The summed E-state index contributed by atoms with van der Waals surface area (Å²) in [6, 6.07) is 6.56. The molecule has 1 aromatic carbocycles. The highest BCUT2D eigenvalue weighted by molar-refractivity contribution is 5.69. The van der Waals surface area contributed by atoms with Gasteiger partial charge in [0.1, 0.15) is 6.61 Å². The lowest BCUT2D eigenvalue weighted by Crippen LogP contribution is -2.40. The van der Waals surface area contributed by atoms with Crippen molar-refractivity contribution in [2.75, 3.05) is 19.7 Å². The van der Waals surface area contributed by atoms with Crippen LogP contribution < -0.4 is 4.74 Å². The molecule has 4 nitrogen and oxygen atoms in total. The Hall–Kier alpha value is -1.62. The summed E-state index contributed by atoms with van der Waals surface area (Å²) >= 11 is 0. The predicted molar refractivity (Wildman–Crippen MR) is 73.4 cm³/mol. The molecule has 0 aromatic heterocycles. The summed E-state index contributed by atoms with van der Waals surface area (Å²) in [4.78, 5) is 12.8. The first-order valence-electron chi connectivity index (χ1n) is 7.00. The van der Waals surface area contributed by atoms with Crippen molar-refractivity contribution in [1.29, 1.82) is 0 Å². The fraction of sp³-hybridized carbons (Fsp3) is 0.533. The summed E-state index contributed by atoms with van der Waals surface area (Å²) in [5, 5.41) is 8.96. The number of rotatable bonds is 7. The number of hydrogen-bond acceptors (Lipinski definition) is 3. The van der Waals surface area contributed by atoms with Crippen molar-refractivity contribution >= 4 is 5.97 Å². The molecule has 1 aliphatic carbocycles. The van der Waals surface area contributed by atoms with Gasteiger partial charge in [0, 0.05) is 12.6 Å². The van der Waals surface area contributed by atoms with Gasteiger partial charge in [-0.2, -0.15) is 0 Å². The van der Waals surface area contributed by atoms with E-state index in [1.54, 1.807) is 18.2 Å². The van der Waals surface area contributed by atoms with Gasteiger partial charge in [-0.05, 0) is 25.0 Å². The van der Waals surface area contributed by atoms with E-state index in [1.807, 2.05) is 4.90 Å². The molecule has 110 valence electrons. The molecule has 1 aromatic rings. The molecule has 20 heavy (non-hydrogen) atoms. The Morgan fingerprint density at radius 2 is 2.05 bits per heavy atom. The maximum absolute atomic E-state index is 13.4. The van der Waals surface area contributed by atoms with Gasteiger partial charge in [0.15, 0.2) is 11.6 Å². The van der Waals surface area contributed by atoms with E-state index in [0.717, 1.165) is 25.7 Å². The van der Waals surface area contributed by atoms with Gasteiger partial charge in [-0.15, -0.1) is 0 Å². The molecule has 5 heteroatoms. The molecule has 0 amide bonds. The summed E-state index contributed by atoms with van der Waals surface area (Å²) in [5.41, 5.74) is 0. The Morgan fingerprint density at radius 1 is 1.35 bits per heavy atom. The van der Waals surface area contributed by atoms with Crippen LogP contribution in [0.3, 0.4) is 0 Å². The smallest absolute Gasteiger partial charge is 0.317 e. The van der Waals surface area contributed by atoms with Crippen molar-refractivity contribution in [3.63, 3.8) is 0 Å². The number of aliphatic carboxylic acids is 1. The molecule has 0 bridgehead atoms. The molecule has 0 saturated heterocycles. The first kappa shape index (κ1) is 14.8. The fourth-order valence-electron chi connectivity index (χ4n) is 2.67. The zero-order valence-electron chi connectivity index (χ0n) is 11.4. The molecule has 1 fully saturated rings. The lowest BCUT2D eigenvalue weighted by atomic mass is 10.2. The average molecular weight is 281 g/mol. The molecule has 1 N–H and O–H groups in total. The maximum atomic E-state index is 13.4. The monoisotopic (exact) mass is 281 g/mol. The molecule has 0 spiro atoms. The number of carbonyl (C=O) groups is 1. The van der Waals surface area contributed by atoms with Gasteiger partial charge in [0.2, 0.25) is 0 Å². The normalized spacial score (nSPS) is 15.7. The highest BCUT2D eigenvalue weighted by atomic mass is 19.1. The molecule has 1 aliphatic rings. The third-order valence-electron chi connectivity index (χ3n) is 3.65. The van der Waals surface area contributed by atoms with Gasteiger partial charge < -0.3 is 9.84 Å². The third kappa shape index (κ3) is 4.20. The first-order chi connectivity index (χ1) is 9.66. The van der Waals surface area contributed by atoms with Gasteiger partial charge in [-0.1, -0.05) is 25.0 Å². The van der Waals surface area contributed by atoms with Gasteiger partial charge in [0.05, 0.1) is 6.54 Å². The molecular weight excluding hydrogens is 261 g/mol. The molecule has 0 aliphatic heterocycles. The zero-order valence-corrected chi connectivity index (χ0v) is 11.4. The maximum Gasteiger partial charge on any atom is 0.317 e. The van der Waals surface area contributed by atoms with Crippen molar-refractivity contribution in [1.82, 2.24) is 4.90 Å². The van der Waals surface area contributed by atoms with E-state index >= 15 is 0 Å². The SMILES string of the molecule is O=C(O)CN(CCOc1ccccc1F)C1CCCC1. The van der Waals surface area contributed by atoms with Crippen molar-refractivity contribution in [3.05, 3.63) is 30.1 Å². The fourth-order valence-corrected chi connectivity index (χ4v) is 2.67. The van der Waals surface area contributed by atoms with Gasteiger partial charge >= 0.3 is 5.97 Å². The highest BCUT2D eigenvalue weighted by Gasteiger charge is 2.24. The number of para-hydroxylation sites is 1. The predicted octanol–water partition coefficient (Wildman–Crippen LogP) is 2.53. The van der Waals surface area contributed by atoms with Crippen LogP contribution in [-0.2, 0) is 4.79 Å². The topological polar surface area (TPSA) is 49.8 Å². The van der Waals surface area contributed by atoms with E-state index in [2.05, 4.69) is 0 Å². The Bertz CT molecular complexity index is 446. The molecular formula is C15H20FNO3. The summed E-state index contributed by atoms with van der Waals surface area (Å²) in [5.74, 6) is -1.00. The summed E-state index contributed by atoms with van der Waals surface area (Å²) in [6.45, 7) is 0.821. The Labute approximate surface area is 118 Å². The number of ether oxygens (including phenoxy) is 1. The van der Waals surface area contributed by atoms with Crippen molar-refractivity contribution in [2.45, 2.75) is 31.7 Å². The quantitative estimate of drug-likeness (QED) is 0.834. The Morgan fingerprint density at radius 3 is 2.70 bits per heavy atom. The van der Waals surface area contributed by atoms with Crippen LogP contribution in [0.2, 0.25) is 0 Å². The lowest BCUT2D eigenvalue weighted by Gasteiger charge is -2.26. The Balaban J connectivity index is 1.85. The lowest BCUT2D eigenvalue weighted by molar-refractivity contribution is -0.139. The van der Waals surface area contributed by atoms with Gasteiger partial charge in [-0.3, -0.25) is 9.69 Å². The minimum atomic E-state index is -0.831. The second kappa shape index (κ2) is 7.24. The number of carboxylic acid groups (broad SMARTS) is 1. The summed E-state index contributed by atoms with van der Waals surface area (Å²) in [7, 11) is 0. The van der Waals surface area contributed by atoms with Gasteiger partial charge in [-0.25, -0.2) is 4.39 Å². The average Bonchev–Trinajstić information content (AvgIpc) is 2.93. The number of carboxylic acids is 1. The second-order valence-electron chi connectivity index (χ2n) is 5.08. The number of halogens is 1. The molecule has 0 unspecified atom stereocenters. The molecule has 1 saturated carbocycles. The van der Waals surface area contributed by atoms with E-state index in [-0.39, 0.29) is 12.3 Å². The second-order valence-corrected chi connectivity index (χ2v) is 5.08. The van der Waals surface area contributed by atoms with Crippen LogP contribution >= 0.6 is 0 Å². The van der Waals surface area contributed by atoms with E-state index < -0.39 is 11.8 Å². The van der Waals surface area contributed by atoms with Crippen LogP contribution in [0.5, 0.6) is 5.75 Å². The minimum Gasteiger partial charge on any atom is -0.489 e.